The second-order valence-electron chi connectivity index (χ2n) is 3.94. The molecule has 2 rings (SSSR count). The molecular formula is C11H9ClFN3O3S. The molecule has 1 heterocycles. The molecule has 0 radical (unpaired) electrons. The molecule has 0 atom stereocenters. The van der Waals surface area contributed by atoms with Crippen molar-refractivity contribution in [3.8, 4) is 0 Å². The molecule has 1 aromatic carbocycles. The number of nitrogens with zero attached hydrogens (tertiary/aromatic N) is 2. The zero-order valence-corrected chi connectivity index (χ0v) is 11.5. The van der Waals surface area contributed by atoms with Crippen LogP contribution < -0.4 is 11.4 Å². The first-order valence-electron chi connectivity index (χ1n) is 5.32. The number of halogens is 2. The Bertz CT molecular complexity index is 803. The Hall–Kier alpha value is -1.93. The average molecular weight is 318 g/mol. The molecule has 106 valence electrons. The van der Waals surface area contributed by atoms with Crippen molar-refractivity contribution in [1.82, 2.24) is 8.96 Å². The minimum Gasteiger partial charge on any atom is -0.381 e. The second kappa shape index (κ2) is 5.22. The molecule has 0 aliphatic rings. The third-order valence-electron chi connectivity index (χ3n) is 2.44. The number of rotatable bonds is 3. The molecule has 0 spiro atoms. The smallest absolute Gasteiger partial charge is 0.363 e. The van der Waals surface area contributed by atoms with Crippen molar-refractivity contribution >= 4 is 27.4 Å². The van der Waals surface area contributed by atoms with Crippen molar-refractivity contribution in [2.24, 2.45) is 0 Å². The molecule has 20 heavy (non-hydrogen) atoms. The minimum absolute atomic E-state index is 0.229. The van der Waals surface area contributed by atoms with Crippen molar-refractivity contribution in [1.29, 1.82) is 0 Å². The second-order valence-corrected chi connectivity index (χ2v) is 6.22. The molecule has 6 nitrogen and oxygen atoms in total. The summed E-state index contributed by atoms with van der Waals surface area (Å²) in [6.07, 6.45) is 0.510. The number of nitrogens with two attached hydrogens (primary N) is 1. The van der Waals surface area contributed by atoms with Gasteiger partial charge in [-0.3, -0.25) is 0 Å². The lowest BCUT2D eigenvalue weighted by atomic mass is 10.2. The van der Waals surface area contributed by atoms with Crippen LogP contribution in [0.2, 0.25) is 5.02 Å². The van der Waals surface area contributed by atoms with Crippen LogP contribution in [0.5, 0.6) is 0 Å². The Balaban J connectivity index is 2.43. The molecule has 9 heteroatoms. The van der Waals surface area contributed by atoms with E-state index in [-0.39, 0.29) is 3.97 Å². The van der Waals surface area contributed by atoms with E-state index in [4.69, 9.17) is 17.3 Å². The highest BCUT2D eigenvalue weighted by Gasteiger charge is 2.19. The van der Waals surface area contributed by atoms with E-state index >= 15 is 0 Å². The van der Waals surface area contributed by atoms with Gasteiger partial charge in [-0.05, 0) is 17.7 Å². The SMILES string of the molecule is Nc1nc(=O)n(S(=O)(=O)Cc2ccc(Cl)cc2)cc1F. The summed E-state index contributed by atoms with van der Waals surface area (Å²) in [5.74, 6) is -2.22. The maximum atomic E-state index is 13.3. The third-order valence-corrected chi connectivity index (χ3v) is 4.25. The number of hydrogen-bond acceptors (Lipinski definition) is 5. The van der Waals surface area contributed by atoms with Crippen LogP contribution in [-0.4, -0.2) is 17.4 Å². The van der Waals surface area contributed by atoms with Gasteiger partial charge in [0.25, 0.3) is 0 Å². The van der Waals surface area contributed by atoms with E-state index in [1.165, 1.54) is 24.3 Å². The zero-order chi connectivity index (χ0) is 14.9. The Labute approximate surface area is 118 Å². The van der Waals surface area contributed by atoms with Gasteiger partial charge >= 0.3 is 5.69 Å². The van der Waals surface area contributed by atoms with E-state index in [0.29, 0.717) is 16.8 Å². The summed E-state index contributed by atoms with van der Waals surface area (Å²) in [6.45, 7) is 0. The first kappa shape index (κ1) is 14.5. The first-order chi connectivity index (χ1) is 9.29. The molecule has 0 saturated carbocycles. The topological polar surface area (TPSA) is 95.0 Å². The summed E-state index contributed by atoms with van der Waals surface area (Å²) >= 11 is 5.69. The number of hydrogen-bond donors (Lipinski definition) is 1. The summed E-state index contributed by atoms with van der Waals surface area (Å²) in [5, 5.41) is 0.448. The highest BCUT2D eigenvalue weighted by molar-refractivity contribution is 7.89. The van der Waals surface area contributed by atoms with Crippen LogP contribution in [0, 0.1) is 5.82 Å². The van der Waals surface area contributed by atoms with Crippen molar-refractivity contribution in [2.45, 2.75) is 5.75 Å². The maximum absolute atomic E-state index is 13.3. The maximum Gasteiger partial charge on any atom is 0.363 e. The van der Waals surface area contributed by atoms with Crippen LogP contribution in [0.25, 0.3) is 0 Å². The summed E-state index contributed by atoms with van der Waals surface area (Å²) < 4.78 is 37.6. The van der Waals surface area contributed by atoms with Crippen molar-refractivity contribution in [3.05, 3.63) is 57.3 Å². The Morgan fingerprint density at radius 3 is 2.50 bits per heavy atom. The van der Waals surface area contributed by atoms with Crippen molar-refractivity contribution in [3.63, 3.8) is 0 Å². The molecule has 0 aliphatic carbocycles. The van der Waals surface area contributed by atoms with E-state index < -0.39 is 33.1 Å². The zero-order valence-electron chi connectivity index (χ0n) is 9.95. The van der Waals surface area contributed by atoms with E-state index in [1.54, 1.807) is 0 Å². The van der Waals surface area contributed by atoms with Gasteiger partial charge in [0.2, 0.25) is 10.0 Å². The van der Waals surface area contributed by atoms with Crippen LogP contribution in [0.4, 0.5) is 10.2 Å². The molecule has 1 aromatic heterocycles. The number of aromatic nitrogens is 2. The van der Waals surface area contributed by atoms with E-state index in [1.807, 2.05) is 0 Å². The number of nitrogen functional groups attached to an aromatic ring is 1. The predicted octanol–water partition coefficient (Wildman–Crippen LogP) is 0.996. The molecule has 0 aliphatic heterocycles. The Morgan fingerprint density at radius 1 is 1.30 bits per heavy atom. The van der Waals surface area contributed by atoms with Gasteiger partial charge in [-0.1, -0.05) is 23.7 Å². The van der Waals surface area contributed by atoms with Gasteiger partial charge in [0.15, 0.2) is 11.6 Å². The molecule has 2 N–H and O–H groups in total. The van der Waals surface area contributed by atoms with Gasteiger partial charge in [-0.2, -0.15) is 8.96 Å². The highest BCUT2D eigenvalue weighted by atomic mass is 35.5. The number of anilines is 1. The van der Waals surface area contributed by atoms with Gasteiger partial charge in [0, 0.05) is 5.02 Å². The number of benzene rings is 1. The monoisotopic (exact) mass is 317 g/mol. The fourth-order valence-corrected chi connectivity index (χ4v) is 2.90. The Kier molecular flexibility index (Phi) is 3.78. The van der Waals surface area contributed by atoms with Gasteiger partial charge in [-0.25, -0.2) is 17.6 Å². The van der Waals surface area contributed by atoms with E-state index in [9.17, 15) is 17.6 Å². The van der Waals surface area contributed by atoms with Gasteiger partial charge in [-0.15, -0.1) is 0 Å². The molecule has 0 fully saturated rings. The van der Waals surface area contributed by atoms with Crippen LogP contribution in [0.3, 0.4) is 0 Å². The fraction of sp³-hybridized carbons (Fsp3) is 0.0909. The average Bonchev–Trinajstić information content (AvgIpc) is 2.36. The summed E-state index contributed by atoms with van der Waals surface area (Å²) in [4.78, 5) is 14.6. The predicted molar refractivity (Wildman–Crippen MR) is 72.3 cm³/mol. The van der Waals surface area contributed by atoms with Crippen LogP contribution in [-0.2, 0) is 15.8 Å². The fourth-order valence-electron chi connectivity index (χ4n) is 1.49. The van der Waals surface area contributed by atoms with Crippen molar-refractivity contribution in [2.75, 3.05) is 5.73 Å². The molecule has 0 amide bonds. The lowest BCUT2D eigenvalue weighted by Gasteiger charge is -2.07. The molecule has 2 aromatic rings. The minimum atomic E-state index is -4.09. The normalized spacial score (nSPS) is 11.5. The first-order valence-corrected chi connectivity index (χ1v) is 7.31. The summed E-state index contributed by atoms with van der Waals surface area (Å²) in [5.41, 5.74) is 4.34. The highest BCUT2D eigenvalue weighted by Crippen LogP contribution is 2.13. The molecule has 0 bridgehead atoms. The summed E-state index contributed by atoms with van der Waals surface area (Å²) in [6, 6.07) is 6.01. The van der Waals surface area contributed by atoms with E-state index in [2.05, 4.69) is 4.98 Å². The Morgan fingerprint density at radius 2 is 1.90 bits per heavy atom. The van der Waals surface area contributed by atoms with Crippen LogP contribution >= 0.6 is 11.6 Å². The standard InChI is InChI=1S/C11H9ClFN3O3S/c12-8-3-1-7(2-4-8)6-20(18,19)16-5-9(13)10(14)15-11(16)17/h1-5H,6H2,(H2,14,15,17). The third kappa shape index (κ3) is 2.97. The van der Waals surface area contributed by atoms with Crippen LogP contribution in [0.1, 0.15) is 5.56 Å². The lowest BCUT2D eigenvalue weighted by molar-refractivity contribution is 0.571. The summed E-state index contributed by atoms with van der Waals surface area (Å²) in [7, 11) is -4.09. The molecular weight excluding hydrogens is 309 g/mol. The van der Waals surface area contributed by atoms with Crippen molar-refractivity contribution < 1.29 is 12.8 Å². The van der Waals surface area contributed by atoms with E-state index in [0.717, 1.165) is 0 Å². The van der Waals surface area contributed by atoms with Gasteiger partial charge in [0.05, 0.1) is 11.9 Å². The largest absolute Gasteiger partial charge is 0.381 e. The molecule has 0 unspecified atom stereocenters. The van der Waals surface area contributed by atoms with Crippen LogP contribution in [0.15, 0.2) is 35.3 Å². The quantitative estimate of drug-likeness (QED) is 0.911. The van der Waals surface area contributed by atoms with Gasteiger partial charge < -0.3 is 5.73 Å². The lowest BCUT2D eigenvalue weighted by Crippen LogP contribution is -2.31. The molecule has 0 saturated heterocycles. The van der Waals surface area contributed by atoms with Gasteiger partial charge in [0.1, 0.15) is 0 Å².